The third kappa shape index (κ3) is 2.68. The zero-order valence-corrected chi connectivity index (χ0v) is 10.7. The molecule has 0 saturated carbocycles. The second-order valence-electron chi connectivity index (χ2n) is 4.14. The minimum absolute atomic E-state index is 0.000645. The van der Waals surface area contributed by atoms with Gasteiger partial charge in [-0.15, -0.1) is 0 Å². The summed E-state index contributed by atoms with van der Waals surface area (Å²) in [6.45, 7) is 2.45. The molecule has 2 aromatic rings. The minimum Gasteiger partial charge on any atom is -0.485 e. The Morgan fingerprint density at radius 3 is 2.83 bits per heavy atom. The third-order valence-corrected chi connectivity index (χ3v) is 2.92. The van der Waals surface area contributed by atoms with E-state index in [0.717, 1.165) is 23.6 Å². The smallest absolute Gasteiger partial charge is 0.164 e. The van der Waals surface area contributed by atoms with E-state index >= 15 is 0 Å². The maximum absolute atomic E-state index is 6.06. The summed E-state index contributed by atoms with van der Waals surface area (Å²) in [6, 6.07) is 7.85. The van der Waals surface area contributed by atoms with E-state index in [1.807, 2.05) is 31.3 Å². The van der Waals surface area contributed by atoms with E-state index in [2.05, 4.69) is 17.0 Å². The Morgan fingerprint density at radius 2 is 2.17 bits per heavy atom. The van der Waals surface area contributed by atoms with E-state index in [-0.39, 0.29) is 6.04 Å². The van der Waals surface area contributed by atoms with Gasteiger partial charge in [0.2, 0.25) is 0 Å². The summed E-state index contributed by atoms with van der Waals surface area (Å²) in [4.78, 5) is 4.12. The first-order chi connectivity index (χ1) is 8.72. The molecule has 0 aliphatic carbocycles. The van der Waals surface area contributed by atoms with Gasteiger partial charge in [0.25, 0.3) is 0 Å². The van der Waals surface area contributed by atoms with Gasteiger partial charge >= 0.3 is 0 Å². The van der Waals surface area contributed by atoms with Crippen LogP contribution in [0.4, 0.5) is 0 Å². The Bertz CT molecular complexity index is 509. The molecule has 0 unspecified atom stereocenters. The molecule has 0 bridgehead atoms. The molecule has 0 amide bonds. The Morgan fingerprint density at radius 1 is 1.39 bits per heavy atom. The number of aromatic nitrogens is 3. The summed E-state index contributed by atoms with van der Waals surface area (Å²) in [6.07, 6.45) is 2.40. The molecule has 96 valence electrons. The second-order valence-corrected chi connectivity index (χ2v) is 4.14. The van der Waals surface area contributed by atoms with Gasteiger partial charge in [0.1, 0.15) is 18.7 Å². The fraction of sp³-hybridized carbons (Fsp3) is 0.385. The van der Waals surface area contributed by atoms with Gasteiger partial charge in [-0.2, -0.15) is 5.10 Å². The van der Waals surface area contributed by atoms with Crippen LogP contribution in [0, 0.1) is 0 Å². The van der Waals surface area contributed by atoms with Gasteiger partial charge < -0.3 is 10.5 Å². The molecule has 2 rings (SSSR count). The van der Waals surface area contributed by atoms with Crippen molar-refractivity contribution in [2.24, 2.45) is 12.8 Å². The molecule has 5 nitrogen and oxygen atoms in total. The van der Waals surface area contributed by atoms with Crippen LogP contribution < -0.4 is 10.5 Å². The predicted molar refractivity (Wildman–Crippen MR) is 69.0 cm³/mol. The molecule has 0 fully saturated rings. The molecular formula is C13H18N4O. The summed E-state index contributed by atoms with van der Waals surface area (Å²) in [7, 11) is 1.84. The number of aryl methyl sites for hydroxylation is 1. The fourth-order valence-corrected chi connectivity index (χ4v) is 1.73. The Balaban J connectivity index is 2.12. The van der Waals surface area contributed by atoms with Crippen molar-refractivity contribution in [1.82, 2.24) is 14.8 Å². The fourth-order valence-electron chi connectivity index (χ4n) is 1.73. The van der Waals surface area contributed by atoms with Gasteiger partial charge in [-0.05, 0) is 12.5 Å². The molecule has 0 saturated heterocycles. The molecule has 0 aliphatic heterocycles. The van der Waals surface area contributed by atoms with Gasteiger partial charge in [0.15, 0.2) is 5.82 Å². The van der Waals surface area contributed by atoms with E-state index in [1.54, 1.807) is 4.68 Å². The van der Waals surface area contributed by atoms with Gasteiger partial charge in [-0.3, -0.25) is 4.68 Å². The molecular weight excluding hydrogens is 228 g/mol. The van der Waals surface area contributed by atoms with Crippen molar-refractivity contribution >= 4 is 0 Å². The standard InChI is InChI=1S/C13H18N4O/c1-3-11(14)10-6-4-5-7-12(10)18-8-13-15-9-16-17(13)2/h4-7,9,11H,3,8,14H2,1-2H3/t11-/m1/s1. The molecule has 2 N–H and O–H groups in total. The molecule has 1 atom stereocenters. The van der Waals surface area contributed by atoms with Crippen molar-refractivity contribution in [2.45, 2.75) is 26.0 Å². The molecule has 0 spiro atoms. The maximum Gasteiger partial charge on any atom is 0.164 e. The van der Waals surface area contributed by atoms with Crippen LogP contribution in [-0.2, 0) is 13.7 Å². The third-order valence-electron chi connectivity index (χ3n) is 2.92. The van der Waals surface area contributed by atoms with Gasteiger partial charge in [-0.25, -0.2) is 4.98 Å². The monoisotopic (exact) mass is 246 g/mol. The molecule has 0 radical (unpaired) electrons. The lowest BCUT2D eigenvalue weighted by Gasteiger charge is -2.15. The van der Waals surface area contributed by atoms with Crippen LogP contribution in [0.1, 0.15) is 30.8 Å². The Labute approximate surface area is 107 Å². The Kier molecular flexibility index (Phi) is 3.94. The highest BCUT2D eigenvalue weighted by atomic mass is 16.5. The highest BCUT2D eigenvalue weighted by Crippen LogP contribution is 2.25. The van der Waals surface area contributed by atoms with E-state index in [4.69, 9.17) is 10.5 Å². The largest absolute Gasteiger partial charge is 0.485 e. The zero-order valence-electron chi connectivity index (χ0n) is 10.7. The van der Waals surface area contributed by atoms with E-state index in [0.29, 0.717) is 6.61 Å². The van der Waals surface area contributed by atoms with Crippen molar-refractivity contribution < 1.29 is 4.74 Å². The number of benzene rings is 1. The van der Waals surface area contributed by atoms with E-state index in [1.165, 1.54) is 6.33 Å². The molecule has 18 heavy (non-hydrogen) atoms. The predicted octanol–water partition coefficient (Wildman–Crippen LogP) is 1.80. The van der Waals surface area contributed by atoms with Crippen LogP contribution in [0.15, 0.2) is 30.6 Å². The van der Waals surface area contributed by atoms with Gasteiger partial charge in [0.05, 0.1) is 0 Å². The number of para-hydroxylation sites is 1. The van der Waals surface area contributed by atoms with E-state index < -0.39 is 0 Å². The number of rotatable bonds is 5. The second kappa shape index (κ2) is 5.64. The highest BCUT2D eigenvalue weighted by molar-refractivity contribution is 5.35. The zero-order chi connectivity index (χ0) is 13.0. The number of nitrogens with two attached hydrogens (primary N) is 1. The van der Waals surface area contributed by atoms with Crippen LogP contribution in [0.5, 0.6) is 5.75 Å². The molecule has 1 aromatic heterocycles. The van der Waals surface area contributed by atoms with Crippen LogP contribution in [-0.4, -0.2) is 14.8 Å². The average Bonchev–Trinajstić information content (AvgIpc) is 2.81. The summed E-state index contributed by atoms with van der Waals surface area (Å²) in [5.41, 5.74) is 7.09. The first-order valence-corrected chi connectivity index (χ1v) is 6.02. The van der Waals surface area contributed by atoms with Gasteiger partial charge in [0, 0.05) is 18.7 Å². The van der Waals surface area contributed by atoms with Crippen molar-refractivity contribution in [3.63, 3.8) is 0 Å². The molecule has 0 aliphatic rings. The topological polar surface area (TPSA) is 66.0 Å². The summed E-state index contributed by atoms with van der Waals surface area (Å²) in [5.74, 6) is 1.60. The van der Waals surface area contributed by atoms with Crippen LogP contribution in [0.3, 0.4) is 0 Å². The summed E-state index contributed by atoms with van der Waals surface area (Å²) < 4.78 is 7.48. The normalized spacial score (nSPS) is 12.4. The minimum atomic E-state index is 0.000645. The number of hydrogen-bond donors (Lipinski definition) is 1. The summed E-state index contributed by atoms with van der Waals surface area (Å²) >= 11 is 0. The van der Waals surface area contributed by atoms with Crippen molar-refractivity contribution in [3.8, 4) is 5.75 Å². The molecule has 1 aromatic carbocycles. The lowest BCUT2D eigenvalue weighted by Crippen LogP contribution is -2.11. The number of nitrogens with zero attached hydrogens (tertiary/aromatic N) is 3. The van der Waals surface area contributed by atoms with Gasteiger partial charge in [-0.1, -0.05) is 25.1 Å². The SMILES string of the molecule is CC[C@@H](N)c1ccccc1OCc1ncnn1C. The van der Waals surface area contributed by atoms with Crippen molar-refractivity contribution in [3.05, 3.63) is 42.0 Å². The number of ether oxygens (including phenoxy) is 1. The molecule has 1 heterocycles. The first-order valence-electron chi connectivity index (χ1n) is 6.02. The van der Waals surface area contributed by atoms with Crippen LogP contribution >= 0.6 is 0 Å². The lowest BCUT2D eigenvalue weighted by atomic mass is 10.0. The van der Waals surface area contributed by atoms with Crippen LogP contribution in [0.25, 0.3) is 0 Å². The Hall–Kier alpha value is -1.88. The maximum atomic E-state index is 6.06. The summed E-state index contributed by atoms with van der Waals surface area (Å²) in [5, 5.41) is 4.00. The molecule has 5 heteroatoms. The first kappa shape index (κ1) is 12.6. The number of hydrogen-bond acceptors (Lipinski definition) is 4. The highest BCUT2D eigenvalue weighted by Gasteiger charge is 2.10. The van der Waals surface area contributed by atoms with Crippen molar-refractivity contribution in [2.75, 3.05) is 0 Å². The van der Waals surface area contributed by atoms with Crippen molar-refractivity contribution in [1.29, 1.82) is 0 Å². The lowest BCUT2D eigenvalue weighted by molar-refractivity contribution is 0.285. The van der Waals surface area contributed by atoms with Crippen LogP contribution in [0.2, 0.25) is 0 Å². The van der Waals surface area contributed by atoms with E-state index in [9.17, 15) is 0 Å². The quantitative estimate of drug-likeness (QED) is 0.873. The average molecular weight is 246 g/mol.